The lowest BCUT2D eigenvalue weighted by atomic mass is 9.96. The Morgan fingerprint density at radius 1 is 1.36 bits per heavy atom. The van der Waals surface area contributed by atoms with Crippen LogP contribution in [0.15, 0.2) is 42.7 Å². The van der Waals surface area contributed by atoms with E-state index in [9.17, 15) is 14.0 Å². The minimum absolute atomic E-state index is 0.00166. The van der Waals surface area contributed by atoms with Crippen LogP contribution in [0.2, 0.25) is 0 Å². The molecule has 0 spiro atoms. The largest absolute Gasteiger partial charge is 0.497 e. The van der Waals surface area contributed by atoms with Gasteiger partial charge in [0.15, 0.2) is 0 Å². The number of hydrogen-bond donors (Lipinski definition) is 1. The van der Waals surface area contributed by atoms with E-state index in [1.807, 2.05) is 0 Å². The third-order valence-corrected chi connectivity index (χ3v) is 5.75. The van der Waals surface area contributed by atoms with Crippen molar-refractivity contribution < 1.29 is 22.4 Å². The Hall–Kier alpha value is -3.77. The molecule has 0 amide bonds. The molecule has 1 saturated heterocycles. The van der Waals surface area contributed by atoms with Gasteiger partial charge in [0.2, 0.25) is 0 Å². The fourth-order valence-corrected chi connectivity index (χ4v) is 4.21. The molecule has 4 aromatic rings. The highest BCUT2D eigenvalue weighted by Crippen LogP contribution is 2.43. The molecule has 3 aromatic heterocycles. The Balaban J connectivity index is 1.75. The molecule has 7 nitrogen and oxygen atoms in total. The molecule has 1 unspecified atom stereocenters. The van der Waals surface area contributed by atoms with Crippen molar-refractivity contribution in [3.63, 3.8) is 0 Å². The number of pyridine rings is 1. The van der Waals surface area contributed by atoms with Crippen molar-refractivity contribution in [1.29, 1.82) is 5.26 Å². The van der Waals surface area contributed by atoms with E-state index in [1.54, 1.807) is 18.3 Å². The predicted molar refractivity (Wildman–Crippen MR) is 118 cm³/mol. The number of aromatic nitrogens is 4. The van der Waals surface area contributed by atoms with Crippen molar-refractivity contribution >= 4 is 11.0 Å². The van der Waals surface area contributed by atoms with E-state index in [-0.39, 0.29) is 28.3 Å². The molecule has 0 aliphatic carbocycles. The number of nitrogens with zero attached hydrogens (tertiary/aromatic N) is 4. The van der Waals surface area contributed by atoms with E-state index in [0.29, 0.717) is 35.2 Å². The second-order valence-electron chi connectivity index (χ2n) is 7.73. The highest BCUT2D eigenvalue weighted by Gasteiger charge is 2.28. The van der Waals surface area contributed by atoms with Crippen LogP contribution in [0.3, 0.4) is 0 Å². The average Bonchev–Trinajstić information content (AvgIpc) is 3.46. The van der Waals surface area contributed by atoms with Crippen LogP contribution in [-0.2, 0) is 4.74 Å². The van der Waals surface area contributed by atoms with Gasteiger partial charge in [-0.1, -0.05) is 0 Å². The van der Waals surface area contributed by atoms with Gasteiger partial charge < -0.3 is 14.5 Å². The van der Waals surface area contributed by atoms with E-state index < -0.39 is 19.7 Å². The Labute approximate surface area is 192 Å². The van der Waals surface area contributed by atoms with Crippen molar-refractivity contribution in [3.05, 3.63) is 53.9 Å². The summed E-state index contributed by atoms with van der Waals surface area (Å²) in [5.74, 6) is 0.00316. The Kier molecular flexibility index (Phi) is 4.64. The molecule has 168 valence electrons. The van der Waals surface area contributed by atoms with Gasteiger partial charge in [-0.15, -0.1) is 0 Å². The first kappa shape index (κ1) is 17.7. The summed E-state index contributed by atoms with van der Waals surface area (Å²) in [6, 6.07) is 9.72. The maximum atomic E-state index is 14.2. The van der Waals surface area contributed by atoms with Crippen molar-refractivity contribution in [3.8, 4) is 34.3 Å². The molecule has 1 aliphatic heterocycles. The van der Waals surface area contributed by atoms with Crippen LogP contribution in [0, 0.1) is 11.3 Å². The first-order valence-electron chi connectivity index (χ1n) is 11.9. The smallest absolute Gasteiger partial charge is 0.267 e. The molecule has 1 fully saturated rings. The summed E-state index contributed by atoms with van der Waals surface area (Å²) in [6.45, 7) is 0.521. The van der Waals surface area contributed by atoms with E-state index in [2.05, 4.69) is 21.1 Å². The molecule has 1 N–H and O–H groups in total. The Bertz CT molecular complexity index is 1450. The van der Waals surface area contributed by atoms with Crippen LogP contribution < -0.4 is 4.74 Å². The van der Waals surface area contributed by atoms with Crippen LogP contribution in [-0.4, -0.2) is 33.4 Å². The molecule has 1 atom stereocenters. The number of fused-ring (bicyclic) bond motifs is 1. The SMILES string of the molecule is [2H]C([2H])([2H])Oc1ccc(C#N)c(-c2c(-c3nn(C4CCCCO4)cc3C(F)F)[nH]c3ncccc23)c1. The number of rotatable bonds is 5. The minimum Gasteiger partial charge on any atom is -0.497 e. The van der Waals surface area contributed by atoms with Gasteiger partial charge in [0, 0.05) is 35.5 Å². The zero-order valence-electron chi connectivity index (χ0n) is 20.4. The second-order valence-corrected chi connectivity index (χ2v) is 7.73. The van der Waals surface area contributed by atoms with Gasteiger partial charge in [0.1, 0.15) is 23.3 Å². The van der Waals surface area contributed by atoms with Crippen LogP contribution in [0.5, 0.6) is 5.75 Å². The minimum atomic E-state index is -2.83. The third kappa shape index (κ3) is 3.72. The molecular formula is C24H21F2N5O2. The molecule has 0 saturated carbocycles. The molecule has 9 heteroatoms. The number of alkyl halides is 2. The predicted octanol–water partition coefficient (Wildman–Crippen LogP) is 5.61. The normalized spacial score (nSPS) is 18.0. The standard InChI is InChI=1S/C24H21F2N5O2/c1-32-15-8-7-14(12-27)17(11-15)20-16-5-4-9-28-24(16)29-22(20)21-18(23(25)26)13-31(30-21)19-6-2-3-10-33-19/h4-5,7-9,11,13,19,23H,2-3,6,10H2,1H3,(H,28,29)/i1D3. The summed E-state index contributed by atoms with van der Waals surface area (Å²) in [5.41, 5.74) is 1.23. The second kappa shape index (κ2) is 8.64. The fraction of sp³-hybridized carbons (Fsp3) is 0.292. The first-order valence-corrected chi connectivity index (χ1v) is 10.4. The quantitative estimate of drug-likeness (QED) is 0.425. The van der Waals surface area contributed by atoms with Gasteiger partial charge >= 0.3 is 0 Å². The van der Waals surface area contributed by atoms with Gasteiger partial charge in [0.25, 0.3) is 6.43 Å². The highest BCUT2D eigenvalue weighted by molar-refractivity contribution is 6.03. The molecule has 0 radical (unpaired) electrons. The van der Waals surface area contributed by atoms with E-state index in [1.165, 1.54) is 29.1 Å². The number of nitriles is 1. The van der Waals surface area contributed by atoms with Crippen LogP contribution >= 0.6 is 0 Å². The molecule has 5 rings (SSSR count). The molecular weight excluding hydrogens is 428 g/mol. The Morgan fingerprint density at radius 3 is 3.03 bits per heavy atom. The monoisotopic (exact) mass is 452 g/mol. The summed E-state index contributed by atoms with van der Waals surface area (Å²) < 4.78 is 62.9. The summed E-state index contributed by atoms with van der Waals surface area (Å²) >= 11 is 0. The van der Waals surface area contributed by atoms with Crippen molar-refractivity contribution in [2.45, 2.75) is 31.9 Å². The molecule has 1 aliphatic rings. The van der Waals surface area contributed by atoms with Crippen LogP contribution in [0.1, 0.15) is 47.2 Å². The van der Waals surface area contributed by atoms with Gasteiger partial charge in [-0.3, -0.25) is 0 Å². The van der Waals surface area contributed by atoms with Gasteiger partial charge in [-0.25, -0.2) is 18.4 Å². The third-order valence-electron chi connectivity index (χ3n) is 5.75. The number of ether oxygens (including phenoxy) is 2. The summed E-state index contributed by atoms with van der Waals surface area (Å²) in [5, 5.41) is 14.9. The maximum Gasteiger partial charge on any atom is 0.267 e. The van der Waals surface area contributed by atoms with Gasteiger partial charge in [-0.2, -0.15) is 10.4 Å². The summed E-state index contributed by atoms with van der Waals surface area (Å²) in [4.78, 5) is 7.40. The van der Waals surface area contributed by atoms with Gasteiger partial charge in [0.05, 0.1) is 34.0 Å². The maximum absolute atomic E-state index is 14.2. The van der Waals surface area contributed by atoms with Crippen LogP contribution in [0.25, 0.3) is 33.5 Å². The molecule has 4 heterocycles. The number of aromatic amines is 1. The first-order chi connectivity index (χ1) is 17.2. The van der Waals surface area contributed by atoms with E-state index in [0.717, 1.165) is 12.8 Å². The van der Waals surface area contributed by atoms with Crippen molar-refractivity contribution in [1.82, 2.24) is 19.7 Å². The zero-order valence-corrected chi connectivity index (χ0v) is 17.4. The number of H-pyrrole nitrogens is 1. The number of nitrogens with one attached hydrogen (secondary N) is 1. The van der Waals surface area contributed by atoms with Crippen molar-refractivity contribution in [2.24, 2.45) is 0 Å². The summed E-state index contributed by atoms with van der Waals surface area (Å²) in [6.07, 6.45) is 2.00. The van der Waals surface area contributed by atoms with Crippen LogP contribution in [0.4, 0.5) is 8.78 Å². The highest BCUT2D eigenvalue weighted by atomic mass is 19.3. The number of halogens is 2. The van der Waals surface area contributed by atoms with E-state index >= 15 is 0 Å². The van der Waals surface area contributed by atoms with Crippen molar-refractivity contribution in [2.75, 3.05) is 13.6 Å². The van der Waals surface area contributed by atoms with E-state index in [4.69, 9.17) is 13.6 Å². The number of hydrogen-bond acceptors (Lipinski definition) is 5. The topological polar surface area (TPSA) is 88.7 Å². The summed E-state index contributed by atoms with van der Waals surface area (Å²) in [7, 11) is -2.71. The average molecular weight is 452 g/mol. The molecule has 33 heavy (non-hydrogen) atoms. The van der Waals surface area contributed by atoms with Gasteiger partial charge in [-0.05, 0) is 49.6 Å². The lowest BCUT2D eigenvalue weighted by molar-refractivity contribution is -0.0395. The number of benzene rings is 1. The lowest BCUT2D eigenvalue weighted by Gasteiger charge is -2.22. The molecule has 1 aromatic carbocycles. The number of methoxy groups -OCH3 is 1. The Morgan fingerprint density at radius 2 is 2.27 bits per heavy atom. The zero-order chi connectivity index (χ0) is 25.4. The molecule has 0 bridgehead atoms. The fourth-order valence-electron chi connectivity index (χ4n) is 4.21. The lowest BCUT2D eigenvalue weighted by Crippen LogP contribution is -2.18.